The van der Waals surface area contributed by atoms with Crippen LogP contribution in [0.1, 0.15) is 39.0 Å². The third kappa shape index (κ3) is 1.72. The predicted molar refractivity (Wildman–Crippen MR) is 62.8 cm³/mol. The van der Waals surface area contributed by atoms with E-state index in [4.69, 9.17) is 9.47 Å². The Hall–Kier alpha value is -1.10. The lowest BCUT2D eigenvalue weighted by Crippen LogP contribution is -2.43. The van der Waals surface area contributed by atoms with Crippen molar-refractivity contribution in [2.75, 3.05) is 13.2 Å². The molecular formula is C13H19NO4. The van der Waals surface area contributed by atoms with E-state index in [2.05, 4.69) is 0 Å². The second kappa shape index (κ2) is 4.23. The maximum absolute atomic E-state index is 12.0. The zero-order chi connectivity index (χ0) is 12.8. The molecule has 18 heavy (non-hydrogen) atoms. The molecule has 5 heteroatoms. The summed E-state index contributed by atoms with van der Waals surface area (Å²) in [6.07, 6.45) is 3.85. The van der Waals surface area contributed by atoms with E-state index in [1.807, 2.05) is 4.90 Å². The highest BCUT2D eigenvalue weighted by molar-refractivity contribution is 5.82. The number of hydrogen-bond donors (Lipinski definition) is 0. The van der Waals surface area contributed by atoms with Crippen molar-refractivity contribution in [3.8, 4) is 0 Å². The van der Waals surface area contributed by atoms with Crippen molar-refractivity contribution in [2.24, 2.45) is 0 Å². The summed E-state index contributed by atoms with van der Waals surface area (Å²) in [7, 11) is 0. The predicted octanol–water partition coefficient (Wildman–Crippen LogP) is 0.862. The topological polar surface area (TPSA) is 59.1 Å². The smallest absolute Gasteiger partial charge is 0.308 e. The minimum atomic E-state index is -0.371. The fourth-order valence-corrected chi connectivity index (χ4v) is 3.46. The zero-order valence-corrected chi connectivity index (χ0v) is 10.7. The molecule has 100 valence electrons. The van der Waals surface area contributed by atoms with Crippen LogP contribution in [0.5, 0.6) is 0 Å². The molecule has 0 aromatic carbocycles. The largest absolute Gasteiger partial charge is 0.466 e. The molecular weight excluding hydrogens is 234 g/mol. The Labute approximate surface area is 106 Å². The summed E-state index contributed by atoms with van der Waals surface area (Å²) in [6.45, 7) is 3.04. The standard InChI is InChI=1S/C13H19NO4/c1-2-17-12(16)7-10-13(18-10)8-11(15)14-6-4-3-5-9(13)14/h9-10H,2-8H2,1H3/t9-,10-,13+/m0/s1. The van der Waals surface area contributed by atoms with Gasteiger partial charge in [0.05, 0.1) is 25.5 Å². The van der Waals surface area contributed by atoms with Gasteiger partial charge in [-0.05, 0) is 26.2 Å². The van der Waals surface area contributed by atoms with E-state index in [1.165, 1.54) is 0 Å². The minimum Gasteiger partial charge on any atom is -0.466 e. The van der Waals surface area contributed by atoms with E-state index in [1.54, 1.807) is 6.92 Å². The van der Waals surface area contributed by atoms with E-state index < -0.39 is 0 Å². The highest BCUT2D eigenvalue weighted by Crippen LogP contribution is 2.53. The number of esters is 1. The minimum absolute atomic E-state index is 0.117. The lowest BCUT2D eigenvalue weighted by molar-refractivity contribution is -0.143. The molecule has 3 aliphatic heterocycles. The summed E-state index contributed by atoms with van der Waals surface area (Å²) in [5, 5.41) is 0. The Bertz CT molecular complexity index is 383. The Kier molecular flexibility index (Phi) is 2.81. The number of piperidine rings is 1. The molecule has 0 aromatic heterocycles. The third-order valence-corrected chi connectivity index (χ3v) is 4.32. The number of nitrogens with zero attached hydrogens (tertiary/aromatic N) is 1. The van der Waals surface area contributed by atoms with Crippen LogP contribution >= 0.6 is 0 Å². The van der Waals surface area contributed by atoms with Gasteiger partial charge in [0.2, 0.25) is 5.91 Å². The van der Waals surface area contributed by atoms with Gasteiger partial charge in [0, 0.05) is 6.54 Å². The summed E-state index contributed by atoms with van der Waals surface area (Å²) in [4.78, 5) is 25.4. The molecule has 3 fully saturated rings. The first-order valence-electron chi connectivity index (χ1n) is 6.80. The van der Waals surface area contributed by atoms with Gasteiger partial charge in [0.15, 0.2) is 0 Å². The van der Waals surface area contributed by atoms with E-state index >= 15 is 0 Å². The molecule has 0 N–H and O–H groups in total. The van der Waals surface area contributed by atoms with Gasteiger partial charge in [-0.15, -0.1) is 0 Å². The van der Waals surface area contributed by atoms with Gasteiger partial charge in [0.25, 0.3) is 0 Å². The van der Waals surface area contributed by atoms with Crippen molar-refractivity contribution in [1.82, 2.24) is 4.90 Å². The lowest BCUT2D eigenvalue weighted by Gasteiger charge is -2.31. The maximum atomic E-state index is 12.0. The SMILES string of the molecule is CCOC(=O)C[C@@H]1O[C@@]12CC(=O)N1CCCC[C@H]12. The van der Waals surface area contributed by atoms with E-state index in [0.29, 0.717) is 13.0 Å². The van der Waals surface area contributed by atoms with Crippen molar-refractivity contribution >= 4 is 11.9 Å². The van der Waals surface area contributed by atoms with Crippen LogP contribution in [0.15, 0.2) is 0 Å². The van der Waals surface area contributed by atoms with E-state index in [0.717, 1.165) is 25.8 Å². The van der Waals surface area contributed by atoms with E-state index in [9.17, 15) is 9.59 Å². The van der Waals surface area contributed by atoms with Crippen molar-refractivity contribution in [3.63, 3.8) is 0 Å². The second-order valence-electron chi connectivity index (χ2n) is 5.35. The molecule has 3 heterocycles. The van der Waals surface area contributed by atoms with Crippen LogP contribution in [-0.4, -0.2) is 47.7 Å². The lowest BCUT2D eigenvalue weighted by atomic mass is 9.89. The molecule has 1 spiro atoms. The van der Waals surface area contributed by atoms with Gasteiger partial charge in [-0.1, -0.05) is 0 Å². The molecule has 0 unspecified atom stereocenters. The van der Waals surface area contributed by atoms with Gasteiger partial charge < -0.3 is 14.4 Å². The Morgan fingerprint density at radius 1 is 1.56 bits per heavy atom. The molecule has 0 bridgehead atoms. The molecule has 0 saturated carbocycles. The number of fused-ring (bicyclic) bond motifs is 2. The Balaban J connectivity index is 1.67. The molecule has 3 aliphatic rings. The number of rotatable bonds is 3. The number of epoxide rings is 1. The van der Waals surface area contributed by atoms with Gasteiger partial charge in [-0.2, -0.15) is 0 Å². The first kappa shape index (κ1) is 12.0. The monoisotopic (exact) mass is 253 g/mol. The number of hydrogen-bond acceptors (Lipinski definition) is 4. The van der Waals surface area contributed by atoms with E-state index in [-0.39, 0.29) is 36.0 Å². The van der Waals surface area contributed by atoms with Crippen LogP contribution in [0, 0.1) is 0 Å². The molecule has 0 aromatic rings. The van der Waals surface area contributed by atoms with Gasteiger partial charge in [-0.25, -0.2) is 0 Å². The molecule has 3 saturated heterocycles. The first-order valence-corrected chi connectivity index (χ1v) is 6.80. The number of amides is 1. The van der Waals surface area contributed by atoms with Crippen molar-refractivity contribution < 1.29 is 19.1 Å². The van der Waals surface area contributed by atoms with Crippen molar-refractivity contribution in [2.45, 2.75) is 56.8 Å². The molecule has 1 amide bonds. The average molecular weight is 253 g/mol. The van der Waals surface area contributed by atoms with Crippen LogP contribution in [0.4, 0.5) is 0 Å². The van der Waals surface area contributed by atoms with Crippen LogP contribution in [0.25, 0.3) is 0 Å². The summed E-state index contributed by atoms with van der Waals surface area (Å²) in [6, 6.07) is 0.193. The molecule has 3 rings (SSSR count). The van der Waals surface area contributed by atoms with Crippen molar-refractivity contribution in [3.05, 3.63) is 0 Å². The summed E-state index contributed by atoms with van der Waals surface area (Å²) < 4.78 is 10.7. The number of carbonyl (C=O) groups is 2. The van der Waals surface area contributed by atoms with Gasteiger partial charge in [-0.3, -0.25) is 9.59 Å². The number of ether oxygens (including phenoxy) is 2. The highest BCUT2D eigenvalue weighted by Gasteiger charge is 2.68. The molecule has 0 radical (unpaired) electrons. The Morgan fingerprint density at radius 3 is 3.17 bits per heavy atom. The summed E-state index contributed by atoms with van der Waals surface area (Å²) in [5.74, 6) is -0.0351. The van der Waals surface area contributed by atoms with Gasteiger partial charge in [0.1, 0.15) is 11.7 Å². The molecule has 0 aliphatic carbocycles. The zero-order valence-electron chi connectivity index (χ0n) is 10.7. The second-order valence-corrected chi connectivity index (χ2v) is 5.35. The summed E-state index contributed by atoms with van der Waals surface area (Å²) >= 11 is 0. The maximum Gasteiger partial charge on any atom is 0.308 e. The first-order chi connectivity index (χ1) is 8.67. The average Bonchev–Trinajstić information content (AvgIpc) is 2.94. The van der Waals surface area contributed by atoms with Crippen LogP contribution in [0.3, 0.4) is 0 Å². The highest BCUT2D eigenvalue weighted by atomic mass is 16.6. The molecule has 5 nitrogen and oxygen atoms in total. The summed E-state index contributed by atoms with van der Waals surface area (Å²) in [5.41, 5.74) is -0.371. The molecule has 3 atom stereocenters. The third-order valence-electron chi connectivity index (χ3n) is 4.32. The van der Waals surface area contributed by atoms with Gasteiger partial charge >= 0.3 is 5.97 Å². The Morgan fingerprint density at radius 2 is 2.39 bits per heavy atom. The van der Waals surface area contributed by atoms with Crippen LogP contribution in [0.2, 0.25) is 0 Å². The van der Waals surface area contributed by atoms with Crippen LogP contribution in [-0.2, 0) is 19.1 Å². The fourth-order valence-electron chi connectivity index (χ4n) is 3.46. The quantitative estimate of drug-likeness (QED) is 0.553. The van der Waals surface area contributed by atoms with Crippen molar-refractivity contribution in [1.29, 1.82) is 0 Å². The fraction of sp³-hybridized carbons (Fsp3) is 0.846. The van der Waals surface area contributed by atoms with Crippen LogP contribution < -0.4 is 0 Å². The number of carbonyl (C=O) groups excluding carboxylic acids is 2. The normalized spacial score (nSPS) is 37.8.